The highest BCUT2D eigenvalue weighted by Crippen LogP contribution is 2.42. The van der Waals surface area contributed by atoms with Crippen molar-refractivity contribution in [2.24, 2.45) is 0 Å². The number of fused-ring (bicyclic) bond motifs is 1. The minimum absolute atomic E-state index is 0.00740. The summed E-state index contributed by atoms with van der Waals surface area (Å²) >= 11 is 0. The number of hydrogen-bond acceptors (Lipinski definition) is 5. The monoisotopic (exact) mass is 294 g/mol. The summed E-state index contributed by atoms with van der Waals surface area (Å²) in [6, 6.07) is 5.37. The Hall–Kier alpha value is -2.90. The van der Waals surface area contributed by atoms with Gasteiger partial charge in [-0.05, 0) is 18.2 Å². The van der Waals surface area contributed by atoms with Crippen molar-refractivity contribution in [3.63, 3.8) is 0 Å². The number of aromatic nitrogens is 1. The Morgan fingerprint density at radius 2 is 2.00 bits per heavy atom. The van der Waals surface area contributed by atoms with Crippen LogP contribution in [0.1, 0.15) is 10.4 Å². The van der Waals surface area contributed by atoms with Crippen LogP contribution in [0, 0.1) is 0 Å². The molecule has 0 unspecified atom stereocenters. The molecule has 1 aliphatic rings. The molecule has 21 heavy (non-hydrogen) atoms. The van der Waals surface area contributed by atoms with E-state index in [1.807, 2.05) is 0 Å². The molecule has 0 spiro atoms. The summed E-state index contributed by atoms with van der Waals surface area (Å²) < 4.78 is 34.4. The zero-order valence-corrected chi connectivity index (χ0v) is 10.3. The van der Waals surface area contributed by atoms with Crippen LogP contribution in [0.15, 0.2) is 36.7 Å². The van der Waals surface area contributed by atoms with Crippen LogP contribution in [-0.4, -0.2) is 22.4 Å². The number of carboxylic acids is 1. The molecule has 1 aromatic carbocycles. The second kappa shape index (κ2) is 4.58. The summed E-state index contributed by atoms with van der Waals surface area (Å²) in [4.78, 5) is 14.9. The van der Waals surface area contributed by atoms with Crippen molar-refractivity contribution in [2.75, 3.05) is 5.32 Å². The molecule has 0 aliphatic carbocycles. The van der Waals surface area contributed by atoms with Crippen LogP contribution < -0.4 is 14.8 Å². The molecule has 3 rings (SSSR count). The summed E-state index contributed by atoms with van der Waals surface area (Å²) in [6.45, 7) is 0. The number of pyridine rings is 1. The minimum Gasteiger partial charge on any atom is -0.478 e. The molecule has 0 bridgehead atoms. The number of alkyl halides is 2. The SMILES string of the molecule is O=C(O)c1ccncc1Nc1ccc2c(c1)OC(F)(F)O2. The predicted molar refractivity (Wildman–Crippen MR) is 67.1 cm³/mol. The van der Waals surface area contributed by atoms with E-state index in [0.29, 0.717) is 5.69 Å². The molecule has 0 radical (unpaired) electrons. The maximum atomic E-state index is 12.9. The Bertz CT molecular complexity index is 721. The zero-order chi connectivity index (χ0) is 15.0. The molecule has 0 amide bonds. The van der Waals surface area contributed by atoms with E-state index in [4.69, 9.17) is 5.11 Å². The third kappa shape index (κ3) is 2.55. The van der Waals surface area contributed by atoms with Crippen LogP contribution in [0.4, 0.5) is 20.2 Å². The first kappa shape index (κ1) is 13.1. The highest BCUT2D eigenvalue weighted by atomic mass is 19.3. The first-order chi connectivity index (χ1) is 9.94. The van der Waals surface area contributed by atoms with Crippen molar-refractivity contribution < 1.29 is 28.2 Å². The van der Waals surface area contributed by atoms with Gasteiger partial charge in [0.15, 0.2) is 11.5 Å². The largest absolute Gasteiger partial charge is 0.586 e. The van der Waals surface area contributed by atoms with Crippen molar-refractivity contribution in [3.8, 4) is 11.5 Å². The minimum atomic E-state index is -3.69. The standard InChI is InChI=1S/C13H8F2N2O4/c14-13(15)20-10-2-1-7(5-11(10)21-13)17-9-6-16-4-3-8(9)12(18)19/h1-6,17H,(H,18,19). The van der Waals surface area contributed by atoms with E-state index >= 15 is 0 Å². The summed E-state index contributed by atoms with van der Waals surface area (Å²) in [7, 11) is 0. The van der Waals surface area contributed by atoms with Crippen molar-refractivity contribution >= 4 is 17.3 Å². The zero-order valence-electron chi connectivity index (χ0n) is 10.3. The van der Waals surface area contributed by atoms with Gasteiger partial charge >= 0.3 is 12.3 Å². The van der Waals surface area contributed by atoms with Gasteiger partial charge in [-0.3, -0.25) is 4.98 Å². The van der Waals surface area contributed by atoms with Gasteiger partial charge in [-0.2, -0.15) is 0 Å². The molecule has 1 aromatic heterocycles. The van der Waals surface area contributed by atoms with Crippen molar-refractivity contribution in [2.45, 2.75) is 6.29 Å². The Kier molecular flexibility index (Phi) is 2.86. The van der Waals surface area contributed by atoms with E-state index in [0.717, 1.165) is 0 Å². The van der Waals surface area contributed by atoms with Gasteiger partial charge in [-0.25, -0.2) is 4.79 Å². The molecule has 0 fully saturated rings. The first-order valence-electron chi connectivity index (χ1n) is 5.79. The summed E-state index contributed by atoms with van der Waals surface area (Å²) in [5.74, 6) is -1.35. The lowest BCUT2D eigenvalue weighted by molar-refractivity contribution is -0.286. The molecule has 0 atom stereocenters. The van der Waals surface area contributed by atoms with Crippen LogP contribution in [0.25, 0.3) is 0 Å². The molecule has 108 valence electrons. The van der Waals surface area contributed by atoms with Crippen LogP contribution >= 0.6 is 0 Å². The van der Waals surface area contributed by atoms with Gasteiger partial charge < -0.3 is 19.9 Å². The summed E-state index contributed by atoms with van der Waals surface area (Å²) in [6.07, 6.45) is -1.03. The van der Waals surface area contributed by atoms with Gasteiger partial charge in [-0.15, -0.1) is 8.78 Å². The molecule has 8 heteroatoms. The van der Waals surface area contributed by atoms with E-state index in [2.05, 4.69) is 19.8 Å². The third-order valence-electron chi connectivity index (χ3n) is 2.73. The number of rotatable bonds is 3. The van der Waals surface area contributed by atoms with E-state index in [1.54, 1.807) is 0 Å². The number of nitrogens with one attached hydrogen (secondary N) is 1. The van der Waals surface area contributed by atoms with Crippen molar-refractivity contribution in [1.29, 1.82) is 0 Å². The predicted octanol–water partition coefficient (Wildman–Crippen LogP) is 2.84. The Morgan fingerprint density at radius 3 is 2.76 bits per heavy atom. The second-order valence-electron chi connectivity index (χ2n) is 4.18. The smallest absolute Gasteiger partial charge is 0.478 e. The highest BCUT2D eigenvalue weighted by Gasteiger charge is 2.43. The van der Waals surface area contributed by atoms with E-state index < -0.39 is 12.3 Å². The molecular formula is C13H8F2N2O4. The lowest BCUT2D eigenvalue weighted by atomic mass is 10.2. The van der Waals surface area contributed by atoms with Gasteiger partial charge in [0.2, 0.25) is 0 Å². The summed E-state index contributed by atoms with van der Waals surface area (Å²) in [5, 5.41) is 11.8. The number of nitrogens with zero attached hydrogens (tertiary/aromatic N) is 1. The molecule has 0 saturated heterocycles. The number of hydrogen-bond donors (Lipinski definition) is 2. The van der Waals surface area contributed by atoms with Crippen LogP contribution in [0.5, 0.6) is 11.5 Å². The van der Waals surface area contributed by atoms with Crippen molar-refractivity contribution in [3.05, 3.63) is 42.2 Å². The molecule has 1 aliphatic heterocycles. The fraction of sp³-hybridized carbons (Fsp3) is 0.0769. The first-order valence-corrected chi connectivity index (χ1v) is 5.79. The fourth-order valence-electron chi connectivity index (χ4n) is 1.86. The second-order valence-corrected chi connectivity index (χ2v) is 4.18. The molecule has 2 N–H and O–H groups in total. The van der Waals surface area contributed by atoms with Gasteiger partial charge in [0.05, 0.1) is 17.4 Å². The average molecular weight is 294 g/mol. The number of ether oxygens (including phenoxy) is 2. The maximum absolute atomic E-state index is 12.9. The Labute approximate surface area is 116 Å². The number of benzene rings is 1. The number of carbonyl (C=O) groups is 1. The average Bonchev–Trinajstić information content (AvgIpc) is 2.72. The van der Waals surface area contributed by atoms with E-state index in [1.165, 1.54) is 36.7 Å². The van der Waals surface area contributed by atoms with Crippen LogP contribution in [0.2, 0.25) is 0 Å². The number of anilines is 2. The van der Waals surface area contributed by atoms with Gasteiger partial charge in [0, 0.05) is 18.0 Å². The Morgan fingerprint density at radius 1 is 1.24 bits per heavy atom. The van der Waals surface area contributed by atoms with Crippen LogP contribution in [-0.2, 0) is 0 Å². The van der Waals surface area contributed by atoms with E-state index in [-0.39, 0.29) is 22.7 Å². The molecule has 6 nitrogen and oxygen atoms in total. The highest BCUT2D eigenvalue weighted by molar-refractivity contribution is 5.94. The lowest BCUT2D eigenvalue weighted by Crippen LogP contribution is -2.25. The molecular weight excluding hydrogens is 286 g/mol. The topological polar surface area (TPSA) is 80.7 Å². The quantitative estimate of drug-likeness (QED) is 0.906. The summed E-state index contributed by atoms with van der Waals surface area (Å²) in [5.41, 5.74) is 0.606. The fourth-order valence-corrected chi connectivity index (χ4v) is 1.86. The Balaban J connectivity index is 1.89. The van der Waals surface area contributed by atoms with E-state index in [9.17, 15) is 13.6 Å². The van der Waals surface area contributed by atoms with Crippen molar-refractivity contribution in [1.82, 2.24) is 4.98 Å². The normalized spacial score (nSPS) is 14.8. The lowest BCUT2D eigenvalue weighted by Gasteiger charge is -2.09. The van der Waals surface area contributed by atoms with Gasteiger partial charge in [-0.1, -0.05) is 0 Å². The number of carboxylic acid groups (broad SMARTS) is 1. The van der Waals surface area contributed by atoms with Gasteiger partial charge in [0.1, 0.15) is 0 Å². The number of halogens is 2. The van der Waals surface area contributed by atoms with Gasteiger partial charge in [0.25, 0.3) is 0 Å². The maximum Gasteiger partial charge on any atom is 0.586 e. The van der Waals surface area contributed by atoms with Crippen LogP contribution in [0.3, 0.4) is 0 Å². The third-order valence-corrected chi connectivity index (χ3v) is 2.73. The number of aromatic carboxylic acids is 1. The molecule has 2 heterocycles. The molecule has 2 aromatic rings. The molecule has 0 saturated carbocycles.